The Labute approximate surface area is 200 Å². The maximum absolute atomic E-state index is 11.7. The molecule has 0 bridgehead atoms. The van der Waals surface area contributed by atoms with Crippen LogP contribution in [0.25, 0.3) is 16.7 Å². The first kappa shape index (κ1) is 25.6. The number of piperidine rings is 1. The van der Waals surface area contributed by atoms with Gasteiger partial charge in [0.1, 0.15) is 17.7 Å². The minimum Gasteiger partial charge on any atom is -0.462 e. The Bertz CT molecular complexity index is 1210. The lowest BCUT2D eigenvalue weighted by atomic mass is 10.1. The molecule has 1 aliphatic heterocycles. The van der Waals surface area contributed by atoms with Crippen LogP contribution in [0.5, 0.6) is 0 Å². The molecule has 3 aromatic rings. The number of carbonyl (C=O) groups is 1. The Morgan fingerprint density at radius 3 is 2.32 bits per heavy atom. The van der Waals surface area contributed by atoms with E-state index in [2.05, 4.69) is 37.1 Å². The molecule has 3 heterocycles. The number of carbonyl (C=O) groups excluding carboxylic acids is 1. The van der Waals surface area contributed by atoms with E-state index in [4.69, 9.17) is 0 Å². The first-order chi connectivity index (χ1) is 16.0. The van der Waals surface area contributed by atoms with Gasteiger partial charge in [0.2, 0.25) is 0 Å². The van der Waals surface area contributed by atoms with Gasteiger partial charge in [-0.05, 0) is 71.0 Å². The second-order valence-electron chi connectivity index (χ2n) is 9.18. The summed E-state index contributed by atoms with van der Waals surface area (Å²) in [6.45, 7) is 7.94. The largest absolute Gasteiger partial charge is 0.462 e. The second kappa shape index (κ2) is 10.5. The highest BCUT2D eigenvalue weighted by Crippen LogP contribution is 2.27. The molecule has 184 valence electrons. The summed E-state index contributed by atoms with van der Waals surface area (Å²) in [6, 6.07) is 7.08. The summed E-state index contributed by atoms with van der Waals surface area (Å²) in [7, 11) is -1.16. The monoisotopic (exact) mass is 488 g/mol. The predicted octanol–water partition coefficient (Wildman–Crippen LogP) is 2.37. The summed E-state index contributed by atoms with van der Waals surface area (Å²) in [5.41, 5.74) is 1.14. The predicted molar refractivity (Wildman–Crippen MR) is 131 cm³/mol. The van der Waals surface area contributed by atoms with Crippen molar-refractivity contribution in [3.63, 3.8) is 0 Å². The molecule has 0 atom stereocenters. The number of benzene rings is 1. The van der Waals surface area contributed by atoms with E-state index in [-0.39, 0.29) is 10.5 Å². The van der Waals surface area contributed by atoms with E-state index < -0.39 is 9.84 Å². The summed E-state index contributed by atoms with van der Waals surface area (Å²) in [5.74, 6) is 0.867. The lowest BCUT2D eigenvalue weighted by molar-refractivity contribution is -0.138. The lowest BCUT2D eigenvalue weighted by Crippen LogP contribution is -2.41. The van der Waals surface area contributed by atoms with Crippen molar-refractivity contribution in [3.05, 3.63) is 36.8 Å². The van der Waals surface area contributed by atoms with E-state index in [9.17, 15) is 13.2 Å². The number of hydrogen-bond acceptors (Lipinski definition) is 9. The van der Waals surface area contributed by atoms with Gasteiger partial charge in [-0.25, -0.2) is 23.1 Å². The first-order valence-electron chi connectivity index (χ1n) is 11.1. The van der Waals surface area contributed by atoms with Crippen LogP contribution in [0.3, 0.4) is 0 Å². The average molecular weight is 489 g/mol. The van der Waals surface area contributed by atoms with Crippen molar-refractivity contribution in [1.82, 2.24) is 25.1 Å². The molecule has 0 spiro atoms. The molecular formula is C23H32N6O4S. The molecule has 0 amide bonds. The standard InChI is InChI=1S/C18H22N6O2S.C5H10O2/c1-23(13-7-9-19-10-8-13)17-16-11-22-24(18(16)21-12-20-17)14-3-5-15(6-4-14)27(2,25)26;1-5(2,3)7-4-6/h3-6,11-13,19H,7-10H2,1-2H3;4H,1-3H3. The van der Waals surface area contributed by atoms with Gasteiger partial charge >= 0.3 is 0 Å². The molecule has 0 aliphatic carbocycles. The molecule has 1 N–H and O–H groups in total. The van der Waals surface area contributed by atoms with Gasteiger partial charge in [-0.15, -0.1) is 0 Å². The van der Waals surface area contributed by atoms with Crippen LogP contribution in [-0.2, 0) is 19.4 Å². The third-order valence-electron chi connectivity index (χ3n) is 5.45. The van der Waals surface area contributed by atoms with Gasteiger partial charge in [0.15, 0.2) is 15.5 Å². The van der Waals surface area contributed by atoms with Gasteiger partial charge in [0.25, 0.3) is 6.47 Å². The molecule has 1 saturated heterocycles. The van der Waals surface area contributed by atoms with Crippen LogP contribution in [0.15, 0.2) is 41.7 Å². The van der Waals surface area contributed by atoms with Crippen molar-refractivity contribution in [2.75, 3.05) is 31.3 Å². The number of nitrogens with one attached hydrogen (secondary N) is 1. The van der Waals surface area contributed by atoms with Gasteiger partial charge in [0, 0.05) is 19.3 Å². The van der Waals surface area contributed by atoms with E-state index in [1.54, 1.807) is 41.5 Å². The molecule has 34 heavy (non-hydrogen) atoms. The fourth-order valence-corrected chi connectivity index (χ4v) is 4.28. The highest BCUT2D eigenvalue weighted by Gasteiger charge is 2.22. The Morgan fingerprint density at radius 2 is 1.79 bits per heavy atom. The number of fused-ring (bicyclic) bond motifs is 1. The summed E-state index contributed by atoms with van der Waals surface area (Å²) >= 11 is 0. The number of nitrogens with zero attached hydrogens (tertiary/aromatic N) is 5. The van der Waals surface area contributed by atoms with Gasteiger partial charge in [-0.3, -0.25) is 4.79 Å². The molecule has 4 rings (SSSR count). The number of hydrogen-bond donors (Lipinski definition) is 1. The zero-order valence-electron chi connectivity index (χ0n) is 20.2. The normalized spacial score (nSPS) is 14.9. The Morgan fingerprint density at radius 1 is 1.15 bits per heavy atom. The molecular weight excluding hydrogens is 456 g/mol. The molecule has 10 nitrogen and oxygen atoms in total. The van der Waals surface area contributed by atoms with Gasteiger partial charge in [-0.2, -0.15) is 5.10 Å². The molecule has 0 unspecified atom stereocenters. The summed E-state index contributed by atoms with van der Waals surface area (Å²) in [5, 5.41) is 8.73. The van der Waals surface area contributed by atoms with Crippen LogP contribution in [-0.4, -0.2) is 72.7 Å². The van der Waals surface area contributed by atoms with Crippen LogP contribution in [0.4, 0.5) is 5.82 Å². The summed E-state index contributed by atoms with van der Waals surface area (Å²) < 4.78 is 29.6. The van der Waals surface area contributed by atoms with Crippen molar-refractivity contribution < 1.29 is 17.9 Å². The maximum atomic E-state index is 11.7. The fourth-order valence-electron chi connectivity index (χ4n) is 3.65. The number of aromatic nitrogens is 4. The SMILES string of the molecule is CC(C)(C)OC=O.CN(c1ncnc2c1cnn2-c1ccc(S(C)(=O)=O)cc1)C1CCNCC1. The number of ether oxygens (including phenoxy) is 1. The molecule has 1 aliphatic rings. The van der Waals surface area contributed by atoms with Gasteiger partial charge in [-0.1, -0.05) is 0 Å². The Kier molecular flexibility index (Phi) is 7.88. The van der Waals surface area contributed by atoms with E-state index in [1.807, 2.05) is 20.8 Å². The van der Waals surface area contributed by atoms with Crippen LogP contribution >= 0.6 is 0 Å². The summed E-state index contributed by atoms with van der Waals surface area (Å²) in [6.07, 6.45) is 6.67. The van der Waals surface area contributed by atoms with E-state index in [0.29, 0.717) is 18.2 Å². The van der Waals surface area contributed by atoms with Crippen LogP contribution in [0.2, 0.25) is 0 Å². The van der Waals surface area contributed by atoms with Gasteiger partial charge in [0.05, 0.1) is 22.2 Å². The molecule has 11 heteroatoms. The zero-order chi connectivity index (χ0) is 24.9. The van der Waals surface area contributed by atoms with Crippen LogP contribution in [0.1, 0.15) is 33.6 Å². The molecule has 0 saturated carbocycles. The third-order valence-corrected chi connectivity index (χ3v) is 6.57. The minimum atomic E-state index is -3.23. The zero-order valence-corrected chi connectivity index (χ0v) is 21.0. The van der Waals surface area contributed by atoms with Crippen molar-refractivity contribution in [3.8, 4) is 5.69 Å². The lowest BCUT2D eigenvalue weighted by Gasteiger charge is -2.32. The highest BCUT2D eigenvalue weighted by molar-refractivity contribution is 7.90. The number of sulfone groups is 1. The topological polar surface area (TPSA) is 119 Å². The maximum Gasteiger partial charge on any atom is 0.293 e. The second-order valence-corrected chi connectivity index (χ2v) is 11.2. The Hall–Kier alpha value is -3.05. The van der Waals surface area contributed by atoms with Gasteiger partial charge < -0.3 is 15.0 Å². The molecule has 1 aromatic carbocycles. The molecule has 0 radical (unpaired) electrons. The number of rotatable bonds is 5. The quantitative estimate of drug-likeness (QED) is 0.540. The van der Waals surface area contributed by atoms with Crippen LogP contribution in [0, 0.1) is 0 Å². The van der Waals surface area contributed by atoms with E-state index >= 15 is 0 Å². The Balaban J connectivity index is 0.000000406. The minimum absolute atomic E-state index is 0.281. The average Bonchev–Trinajstić information content (AvgIpc) is 3.23. The first-order valence-corrected chi connectivity index (χ1v) is 12.9. The van der Waals surface area contributed by atoms with E-state index in [0.717, 1.165) is 42.8 Å². The smallest absolute Gasteiger partial charge is 0.293 e. The van der Waals surface area contributed by atoms with Crippen molar-refractivity contribution in [2.24, 2.45) is 0 Å². The summed E-state index contributed by atoms with van der Waals surface area (Å²) in [4.78, 5) is 21.0. The van der Waals surface area contributed by atoms with Crippen molar-refractivity contribution in [1.29, 1.82) is 0 Å². The third kappa shape index (κ3) is 6.29. The van der Waals surface area contributed by atoms with Crippen LogP contribution < -0.4 is 10.2 Å². The van der Waals surface area contributed by atoms with Crippen molar-refractivity contribution in [2.45, 2.75) is 50.2 Å². The highest BCUT2D eigenvalue weighted by atomic mass is 32.2. The van der Waals surface area contributed by atoms with E-state index in [1.165, 1.54) is 6.26 Å². The molecule has 2 aromatic heterocycles. The van der Waals surface area contributed by atoms with Crippen molar-refractivity contribution >= 4 is 33.2 Å². The number of anilines is 1. The fraction of sp³-hybridized carbons (Fsp3) is 0.478. The molecule has 1 fully saturated rings.